The number of ether oxygens (including phenoxy) is 2. The van der Waals surface area contributed by atoms with Crippen LogP contribution in [0.4, 0.5) is 0 Å². The number of rotatable bonds is 9. The fourth-order valence-corrected chi connectivity index (χ4v) is 4.12. The third kappa shape index (κ3) is 4.88. The van der Waals surface area contributed by atoms with E-state index in [0.717, 1.165) is 5.56 Å². The van der Waals surface area contributed by atoms with Gasteiger partial charge >= 0.3 is 0 Å². The molecule has 0 radical (unpaired) electrons. The van der Waals surface area contributed by atoms with Gasteiger partial charge in [-0.2, -0.15) is 0 Å². The number of methoxy groups -OCH3 is 1. The molecule has 2 aromatic carbocycles. The Kier molecular flexibility index (Phi) is 7.76. The smallest absolute Gasteiger partial charge is 0.295 e. The summed E-state index contributed by atoms with van der Waals surface area (Å²) in [5.41, 5.74) is 2.04. The molecule has 2 N–H and O–H groups in total. The number of carbonyl (C=O) groups excluding carboxylic acids is 2. The highest BCUT2D eigenvalue weighted by atomic mass is 16.5. The van der Waals surface area contributed by atoms with Crippen molar-refractivity contribution in [3.05, 3.63) is 64.7 Å². The topological polar surface area (TPSA) is 96.3 Å². The molecule has 0 aromatic heterocycles. The van der Waals surface area contributed by atoms with E-state index in [-0.39, 0.29) is 30.5 Å². The zero-order chi connectivity index (χ0) is 24.1. The molecule has 3 rings (SSSR count). The Hall–Kier alpha value is -3.32. The van der Waals surface area contributed by atoms with Gasteiger partial charge in [-0.25, -0.2) is 0 Å². The normalized spacial score (nSPS) is 17.6. The molecule has 1 amide bonds. The summed E-state index contributed by atoms with van der Waals surface area (Å²) in [4.78, 5) is 27.5. The molecule has 1 fully saturated rings. The minimum Gasteiger partial charge on any atom is -0.507 e. The van der Waals surface area contributed by atoms with E-state index in [1.165, 1.54) is 4.90 Å². The molecule has 1 atom stereocenters. The number of aliphatic hydroxyl groups excluding tert-OH is 2. The molecule has 7 nitrogen and oxygen atoms in total. The molecule has 2 aromatic rings. The Bertz CT molecular complexity index is 1060. The molecule has 33 heavy (non-hydrogen) atoms. The Labute approximate surface area is 194 Å². The average Bonchev–Trinajstić information content (AvgIpc) is 3.07. The molecule has 1 unspecified atom stereocenters. The van der Waals surface area contributed by atoms with Gasteiger partial charge in [0.15, 0.2) is 0 Å². The fourth-order valence-electron chi connectivity index (χ4n) is 4.12. The van der Waals surface area contributed by atoms with E-state index in [9.17, 15) is 14.7 Å². The van der Waals surface area contributed by atoms with Gasteiger partial charge in [-0.05, 0) is 53.8 Å². The lowest BCUT2D eigenvalue weighted by Gasteiger charge is -2.25. The molecule has 1 saturated heterocycles. The second-order valence-electron chi connectivity index (χ2n) is 8.25. The lowest BCUT2D eigenvalue weighted by atomic mass is 9.93. The van der Waals surface area contributed by atoms with Crippen molar-refractivity contribution < 1.29 is 29.3 Å². The second kappa shape index (κ2) is 10.5. The van der Waals surface area contributed by atoms with Crippen LogP contribution in [0.2, 0.25) is 0 Å². The van der Waals surface area contributed by atoms with Crippen molar-refractivity contribution >= 4 is 17.4 Å². The molecule has 7 heteroatoms. The summed E-state index contributed by atoms with van der Waals surface area (Å²) < 4.78 is 11.0. The largest absolute Gasteiger partial charge is 0.507 e. The number of aliphatic hydroxyl groups is 2. The SMILES string of the molecule is CCCN1C(=O)C(=O)/C(=C(/O)c2ccc(OC)c(C(C)C)c2)C1c1cccc(OCCO)c1. The zero-order valence-electron chi connectivity index (χ0n) is 19.5. The van der Waals surface area contributed by atoms with Crippen LogP contribution in [0.5, 0.6) is 11.5 Å². The molecular weight excluding hydrogens is 422 g/mol. The summed E-state index contributed by atoms with van der Waals surface area (Å²) in [5.74, 6) is -0.236. The van der Waals surface area contributed by atoms with Crippen LogP contribution in [0.3, 0.4) is 0 Å². The average molecular weight is 454 g/mol. The number of benzene rings is 2. The van der Waals surface area contributed by atoms with Crippen LogP contribution in [0.25, 0.3) is 5.76 Å². The number of likely N-dealkylation sites (tertiary alicyclic amines) is 1. The molecule has 0 spiro atoms. The maximum Gasteiger partial charge on any atom is 0.295 e. The van der Waals surface area contributed by atoms with Crippen LogP contribution in [0.1, 0.15) is 55.8 Å². The Morgan fingerprint density at radius 2 is 1.91 bits per heavy atom. The number of hydrogen-bond acceptors (Lipinski definition) is 6. The van der Waals surface area contributed by atoms with Gasteiger partial charge in [0.25, 0.3) is 11.7 Å². The summed E-state index contributed by atoms with van der Waals surface area (Å²) >= 11 is 0. The number of Topliss-reactive ketones (excluding diaryl/α,β-unsaturated/α-hetero) is 1. The molecular formula is C26H31NO6. The van der Waals surface area contributed by atoms with Crippen molar-refractivity contribution in [2.24, 2.45) is 0 Å². The molecule has 176 valence electrons. The van der Waals surface area contributed by atoms with E-state index in [4.69, 9.17) is 14.6 Å². The van der Waals surface area contributed by atoms with Crippen molar-refractivity contribution in [3.63, 3.8) is 0 Å². The van der Waals surface area contributed by atoms with Crippen LogP contribution < -0.4 is 9.47 Å². The number of nitrogens with zero attached hydrogens (tertiary/aromatic N) is 1. The second-order valence-corrected chi connectivity index (χ2v) is 8.25. The van der Waals surface area contributed by atoms with Gasteiger partial charge in [-0.1, -0.05) is 32.9 Å². The number of amides is 1. The first-order chi connectivity index (χ1) is 15.8. The monoisotopic (exact) mass is 453 g/mol. The van der Waals surface area contributed by atoms with Gasteiger partial charge in [0.2, 0.25) is 0 Å². The zero-order valence-corrected chi connectivity index (χ0v) is 19.5. The summed E-state index contributed by atoms with van der Waals surface area (Å²) in [6.45, 7) is 6.32. The predicted molar refractivity (Wildman–Crippen MR) is 125 cm³/mol. The fraction of sp³-hybridized carbons (Fsp3) is 0.385. The van der Waals surface area contributed by atoms with E-state index in [2.05, 4.69) is 0 Å². The molecule has 1 heterocycles. The standard InChI is InChI=1S/C26H31NO6/c1-5-11-27-23(17-7-6-8-19(14-17)33-13-12-28)22(25(30)26(27)31)24(29)18-9-10-21(32-4)20(15-18)16(2)3/h6-10,14-16,23,28-29H,5,11-13H2,1-4H3/b24-22+. The van der Waals surface area contributed by atoms with Crippen molar-refractivity contribution in [2.45, 2.75) is 39.2 Å². The predicted octanol–water partition coefficient (Wildman–Crippen LogP) is 4.02. The maximum absolute atomic E-state index is 13.1. The minimum atomic E-state index is -0.743. The lowest BCUT2D eigenvalue weighted by Crippen LogP contribution is -2.30. The van der Waals surface area contributed by atoms with Crippen molar-refractivity contribution in [1.82, 2.24) is 4.90 Å². The van der Waals surface area contributed by atoms with Gasteiger partial charge in [0.05, 0.1) is 25.3 Å². The Balaban J connectivity index is 2.17. The van der Waals surface area contributed by atoms with Gasteiger partial charge < -0.3 is 24.6 Å². The van der Waals surface area contributed by atoms with Crippen LogP contribution >= 0.6 is 0 Å². The van der Waals surface area contributed by atoms with E-state index >= 15 is 0 Å². The van der Waals surface area contributed by atoms with Crippen molar-refractivity contribution in [1.29, 1.82) is 0 Å². The first kappa shape index (κ1) is 24.3. The highest BCUT2D eigenvalue weighted by Gasteiger charge is 2.45. The molecule has 1 aliphatic rings. The summed E-state index contributed by atoms with van der Waals surface area (Å²) in [5, 5.41) is 20.3. The third-order valence-corrected chi connectivity index (χ3v) is 5.66. The van der Waals surface area contributed by atoms with E-state index in [1.54, 1.807) is 49.6 Å². The molecule has 0 saturated carbocycles. The number of carbonyl (C=O) groups is 2. The highest BCUT2D eigenvalue weighted by Crippen LogP contribution is 2.41. The van der Waals surface area contributed by atoms with Gasteiger partial charge in [0, 0.05) is 12.1 Å². The third-order valence-electron chi connectivity index (χ3n) is 5.66. The molecule has 0 bridgehead atoms. The lowest BCUT2D eigenvalue weighted by molar-refractivity contribution is -0.139. The van der Waals surface area contributed by atoms with Crippen LogP contribution in [0, 0.1) is 0 Å². The van der Waals surface area contributed by atoms with E-state index in [0.29, 0.717) is 35.6 Å². The Morgan fingerprint density at radius 3 is 2.55 bits per heavy atom. The molecule has 0 aliphatic carbocycles. The van der Waals surface area contributed by atoms with Gasteiger partial charge in [-0.3, -0.25) is 9.59 Å². The van der Waals surface area contributed by atoms with Crippen LogP contribution in [-0.4, -0.2) is 53.7 Å². The number of hydrogen-bond donors (Lipinski definition) is 2. The van der Waals surface area contributed by atoms with E-state index in [1.807, 2.05) is 20.8 Å². The van der Waals surface area contributed by atoms with Gasteiger partial charge in [-0.15, -0.1) is 0 Å². The van der Waals surface area contributed by atoms with Crippen molar-refractivity contribution in [2.75, 3.05) is 26.9 Å². The van der Waals surface area contributed by atoms with Crippen LogP contribution in [-0.2, 0) is 9.59 Å². The summed E-state index contributed by atoms with van der Waals surface area (Å²) in [6, 6.07) is 11.5. The quantitative estimate of drug-likeness (QED) is 0.338. The van der Waals surface area contributed by atoms with E-state index < -0.39 is 17.7 Å². The number of ketones is 1. The first-order valence-electron chi connectivity index (χ1n) is 11.1. The molecule has 1 aliphatic heterocycles. The first-order valence-corrected chi connectivity index (χ1v) is 11.1. The van der Waals surface area contributed by atoms with Crippen LogP contribution in [0.15, 0.2) is 48.0 Å². The highest BCUT2D eigenvalue weighted by molar-refractivity contribution is 6.46. The maximum atomic E-state index is 13.1. The summed E-state index contributed by atoms with van der Waals surface area (Å²) in [6.07, 6.45) is 0.657. The van der Waals surface area contributed by atoms with Crippen molar-refractivity contribution in [3.8, 4) is 11.5 Å². The van der Waals surface area contributed by atoms with Gasteiger partial charge in [0.1, 0.15) is 23.9 Å². The Morgan fingerprint density at radius 1 is 1.15 bits per heavy atom. The minimum absolute atomic E-state index is 0.0487. The summed E-state index contributed by atoms with van der Waals surface area (Å²) in [7, 11) is 1.59.